The van der Waals surface area contributed by atoms with Crippen LogP contribution in [-0.4, -0.2) is 47.9 Å². The smallest absolute Gasteiger partial charge is 0.233 e. The molecule has 1 heterocycles. The fourth-order valence-electron chi connectivity index (χ4n) is 2.03. The molecule has 0 spiro atoms. The lowest BCUT2D eigenvalue weighted by Crippen LogP contribution is -2.33. The molecule has 0 radical (unpaired) electrons. The summed E-state index contributed by atoms with van der Waals surface area (Å²) in [6.45, 7) is 6.25. The van der Waals surface area contributed by atoms with Crippen LogP contribution in [0.25, 0.3) is 0 Å². The van der Waals surface area contributed by atoms with Gasteiger partial charge in [0.25, 0.3) is 0 Å². The van der Waals surface area contributed by atoms with Crippen LogP contribution in [0.5, 0.6) is 5.88 Å². The van der Waals surface area contributed by atoms with Gasteiger partial charge in [-0.05, 0) is 25.5 Å². The predicted octanol–water partition coefficient (Wildman–Crippen LogP) is 1.06. The van der Waals surface area contributed by atoms with Crippen molar-refractivity contribution in [1.29, 1.82) is 0 Å². The van der Waals surface area contributed by atoms with Crippen molar-refractivity contribution in [3.05, 3.63) is 17.8 Å². The summed E-state index contributed by atoms with van der Waals surface area (Å²) in [6, 6.07) is 4.63. The summed E-state index contributed by atoms with van der Waals surface area (Å²) < 4.78 is 4.97. The maximum atomic E-state index is 4.97. The van der Waals surface area contributed by atoms with Gasteiger partial charge in [-0.1, -0.05) is 6.92 Å². The van der Waals surface area contributed by atoms with E-state index >= 15 is 0 Å². The minimum Gasteiger partial charge on any atom is -0.480 e. The molecule has 0 atom stereocenters. The maximum absolute atomic E-state index is 4.97. The third-order valence-corrected chi connectivity index (χ3v) is 3.26. The van der Waals surface area contributed by atoms with Crippen LogP contribution in [-0.2, 0) is 6.54 Å². The number of aromatic nitrogens is 2. The third kappa shape index (κ3) is 3.92. The van der Waals surface area contributed by atoms with Crippen LogP contribution in [0.1, 0.15) is 25.5 Å². The third-order valence-electron chi connectivity index (χ3n) is 3.26. The van der Waals surface area contributed by atoms with E-state index in [4.69, 9.17) is 4.74 Å². The Kier molecular flexibility index (Phi) is 4.90. The van der Waals surface area contributed by atoms with E-state index in [1.165, 1.54) is 12.8 Å². The normalized spacial score (nSPS) is 15.1. The van der Waals surface area contributed by atoms with Gasteiger partial charge in [0.2, 0.25) is 5.88 Å². The summed E-state index contributed by atoms with van der Waals surface area (Å²) in [5.74, 6) is 0.560. The first-order chi connectivity index (χ1) is 8.83. The molecule has 18 heavy (non-hydrogen) atoms. The first-order valence-corrected chi connectivity index (χ1v) is 6.65. The van der Waals surface area contributed by atoms with Crippen molar-refractivity contribution in [2.75, 3.05) is 26.7 Å². The Balaban J connectivity index is 1.64. The average molecular weight is 250 g/mol. The fraction of sp³-hybridized carbons (Fsp3) is 0.692. The van der Waals surface area contributed by atoms with Crippen LogP contribution in [0, 0.1) is 0 Å². The molecule has 1 N–H and O–H groups in total. The highest BCUT2D eigenvalue weighted by Gasteiger charge is 2.26. The molecule has 100 valence electrons. The number of methoxy groups -OCH3 is 1. The second kappa shape index (κ2) is 6.66. The van der Waals surface area contributed by atoms with E-state index in [-0.39, 0.29) is 0 Å². The van der Waals surface area contributed by atoms with Crippen molar-refractivity contribution in [2.24, 2.45) is 0 Å². The highest BCUT2D eigenvalue weighted by molar-refractivity contribution is 5.10. The Bertz CT molecular complexity index is 351. The molecule has 5 nitrogen and oxygen atoms in total. The van der Waals surface area contributed by atoms with Gasteiger partial charge in [0, 0.05) is 31.7 Å². The first kappa shape index (κ1) is 13.2. The van der Waals surface area contributed by atoms with E-state index < -0.39 is 0 Å². The van der Waals surface area contributed by atoms with Crippen LogP contribution in [0.2, 0.25) is 0 Å². The number of ether oxygens (including phenoxy) is 1. The number of hydrogen-bond acceptors (Lipinski definition) is 5. The molecule has 1 saturated carbocycles. The van der Waals surface area contributed by atoms with E-state index in [0.717, 1.165) is 37.9 Å². The number of nitrogens with one attached hydrogen (secondary N) is 1. The Morgan fingerprint density at radius 2 is 2.22 bits per heavy atom. The Morgan fingerprint density at radius 1 is 1.39 bits per heavy atom. The highest BCUT2D eigenvalue weighted by atomic mass is 16.5. The van der Waals surface area contributed by atoms with E-state index in [1.807, 2.05) is 12.1 Å². The number of likely N-dealkylation sites (N-methyl/N-ethyl adjacent to an activating group) is 1. The van der Waals surface area contributed by atoms with E-state index in [2.05, 4.69) is 27.3 Å². The van der Waals surface area contributed by atoms with Gasteiger partial charge in [-0.15, -0.1) is 5.10 Å². The Morgan fingerprint density at radius 3 is 2.78 bits per heavy atom. The molecule has 1 aromatic heterocycles. The van der Waals surface area contributed by atoms with Crippen molar-refractivity contribution in [1.82, 2.24) is 20.4 Å². The van der Waals surface area contributed by atoms with Crippen molar-refractivity contribution < 1.29 is 4.74 Å². The monoisotopic (exact) mass is 250 g/mol. The summed E-state index contributed by atoms with van der Waals surface area (Å²) in [4.78, 5) is 2.53. The molecule has 0 bridgehead atoms. The average Bonchev–Trinajstić information content (AvgIpc) is 3.24. The molecule has 0 amide bonds. The van der Waals surface area contributed by atoms with Crippen LogP contribution >= 0.6 is 0 Å². The van der Waals surface area contributed by atoms with Crippen LogP contribution in [0.4, 0.5) is 0 Å². The zero-order valence-electron chi connectivity index (χ0n) is 11.2. The standard InChI is InChI=1S/C13H22N4O/c1-3-17(12-5-6-12)9-8-14-10-11-4-7-13(18-2)16-15-11/h4,7,12,14H,3,5-6,8-10H2,1-2H3. The molecular weight excluding hydrogens is 228 g/mol. The van der Waals surface area contributed by atoms with Gasteiger partial charge in [0.05, 0.1) is 12.8 Å². The summed E-state index contributed by atoms with van der Waals surface area (Å²) in [7, 11) is 1.60. The van der Waals surface area contributed by atoms with Crippen molar-refractivity contribution in [3.8, 4) is 5.88 Å². The minimum absolute atomic E-state index is 0.560. The number of nitrogens with zero attached hydrogens (tertiary/aromatic N) is 3. The molecule has 1 aromatic rings. The van der Waals surface area contributed by atoms with Gasteiger partial charge >= 0.3 is 0 Å². The summed E-state index contributed by atoms with van der Waals surface area (Å²) in [5.41, 5.74) is 0.949. The summed E-state index contributed by atoms with van der Waals surface area (Å²) >= 11 is 0. The van der Waals surface area contributed by atoms with Crippen LogP contribution in [0.15, 0.2) is 12.1 Å². The molecule has 1 fully saturated rings. The number of hydrogen-bond donors (Lipinski definition) is 1. The lowest BCUT2D eigenvalue weighted by atomic mass is 10.3. The molecule has 1 aliphatic rings. The van der Waals surface area contributed by atoms with E-state index in [1.54, 1.807) is 7.11 Å². The van der Waals surface area contributed by atoms with Crippen LogP contribution in [0.3, 0.4) is 0 Å². The lowest BCUT2D eigenvalue weighted by Gasteiger charge is -2.19. The van der Waals surface area contributed by atoms with Gasteiger partial charge in [-0.25, -0.2) is 0 Å². The zero-order chi connectivity index (χ0) is 12.8. The molecule has 1 aliphatic carbocycles. The Hall–Kier alpha value is -1.20. The molecule has 2 rings (SSSR count). The fourth-order valence-corrected chi connectivity index (χ4v) is 2.03. The van der Waals surface area contributed by atoms with Gasteiger partial charge in [0.1, 0.15) is 0 Å². The first-order valence-electron chi connectivity index (χ1n) is 6.65. The van der Waals surface area contributed by atoms with Gasteiger partial charge in [0.15, 0.2) is 0 Å². The Labute approximate surface area is 109 Å². The molecule has 0 saturated heterocycles. The highest BCUT2D eigenvalue weighted by Crippen LogP contribution is 2.25. The maximum Gasteiger partial charge on any atom is 0.233 e. The number of rotatable bonds is 8. The van der Waals surface area contributed by atoms with Crippen molar-refractivity contribution in [2.45, 2.75) is 32.4 Å². The van der Waals surface area contributed by atoms with E-state index in [0.29, 0.717) is 5.88 Å². The summed E-state index contributed by atoms with van der Waals surface area (Å²) in [6.07, 6.45) is 2.75. The zero-order valence-corrected chi connectivity index (χ0v) is 11.2. The second-order valence-corrected chi connectivity index (χ2v) is 4.60. The molecular formula is C13H22N4O. The second-order valence-electron chi connectivity index (χ2n) is 4.60. The SMILES string of the molecule is CCN(CCNCc1ccc(OC)nn1)C1CC1. The largest absolute Gasteiger partial charge is 0.480 e. The molecule has 5 heteroatoms. The van der Waals surface area contributed by atoms with Gasteiger partial charge < -0.3 is 10.1 Å². The van der Waals surface area contributed by atoms with Crippen molar-refractivity contribution in [3.63, 3.8) is 0 Å². The quantitative estimate of drug-likeness (QED) is 0.699. The lowest BCUT2D eigenvalue weighted by molar-refractivity contribution is 0.276. The molecule has 0 aromatic carbocycles. The van der Waals surface area contributed by atoms with Gasteiger partial charge in [-0.2, -0.15) is 5.10 Å². The van der Waals surface area contributed by atoms with Crippen molar-refractivity contribution >= 4 is 0 Å². The molecule has 0 aliphatic heterocycles. The topological polar surface area (TPSA) is 50.3 Å². The van der Waals surface area contributed by atoms with Crippen LogP contribution < -0.4 is 10.1 Å². The van der Waals surface area contributed by atoms with E-state index in [9.17, 15) is 0 Å². The minimum atomic E-state index is 0.560. The molecule has 0 unspecified atom stereocenters. The predicted molar refractivity (Wildman–Crippen MR) is 70.6 cm³/mol. The summed E-state index contributed by atoms with van der Waals surface area (Å²) in [5, 5.41) is 11.4. The van der Waals surface area contributed by atoms with Gasteiger partial charge in [-0.3, -0.25) is 4.90 Å².